The van der Waals surface area contributed by atoms with Gasteiger partial charge in [0.1, 0.15) is 12.6 Å². The van der Waals surface area contributed by atoms with E-state index in [1.165, 1.54) is 18.1 Å². The molecule has 0 radical (unpaired) electrons. The van der Waals surface area contributed by atoms with Gasteiger partial charge in [-0.25, -0.2) is 9.69 Å². The largest absolute Gasteiger partial charge is 0.493 e. The maximum atomic E-state index is 13.0. The van der Waals surface area contributed by atoms with E-state index in [1.807, 2.05) is 37.3 Å². The number of likely N-dealkylation sites (N-methyl/N-ethyl adjacent to an activating group) is 1. The van der Waals surface area contributed by atoms with E-state index >= 15 is 0 Å². The Hall–Kier alpha value is -3.20. The molecule has 0 aliphatic carbocycles. The molecule has 0 saturated heterocycles. The first kappa shape index (κ1) is 25.4. The predicted octanol–water partition coefficient (Wildman–Crippen LogP) is 4.93. The molecule has 0 spiro atoms. The zero-order chi connectivity index (χ0) is 25.0. The number of hydrogen-bond acceptors (Lipinski definition) is 6. The Morgan fingerprint density at radius 1 is 1.24 bits per heavy atom. The van der Waals surface area contributed by atoms with Crippen molar-refractivity contribution in [3.63, 3.8) is 0 Å². The first-order valence-corrected chi connectivity index (χ1v) is 11.6. The molecule has 0 bridgehead atoms. The van der Waals surface area contributed by atoms with E-state index in [4.69, 9.17) is 14.2 Å². The summed E-state index contributed by atoms with van der Waals surface area (Å²) in [7, 11) is 3.09. The van der Waals surface area contributed by atoms with E-state index in [0.717, 1.165) is 20.5 Å². The van der Waals surface area contributed by atoms with Gasteiger partial charge in [-0.15, -0.1) is 0 Å². The van der Waals surface area contributed by atoms with Crippen LogP contribution in [-0.2, 0) is 22.6 Å². The summed E-state index contributed by atoms with van der Waals surface area (Å²) < 4.78 is 17.6. The molecule has 2 aromatic carbocycles. The molecule has 8 nitrogen and oxygen atoms in total. The molecule has 1 N–H and O–H groups in total. The van der Waals surface area contributed by atoms with Gasteiger partial charge in [-0.1, -0.05) is 46.3 Å². The van der Waals surface area contributed by atoms with Crippen molar-refractivity contribution in [1.29, 1.82) is 0 Å². The first-order chi connectivity index (χ1) is 16.1. The van der Waals surface area contributed by atoms with Crippen LogP contribution in [0.5, 0.6) is 11.5 Å². The second-order valence-electron chi connectivity index (χ2n) is 8.24. The number of benzene rings is 2. The van der Waals surface area contributed by atoms with Crippen molar-refractivity contribution in [1.82, 2.24) is 9.80 Å². The van der Waals surface area contributed by atoms with Crippen LogP contribution in [0.25, 0.3) is 0 Å². The molecule has 3 rings (SSSR count). The highest BCUT2D eigenvalue weighted by atomic mass is 79.9. The second kappa shape index (κ2) is 10.8. The SMILES string of the molecule is COc1c(OCc2ccccc2)cc(CC2C(=O)N(C)C=C(O)N2C(=O)OC(C)C)c(Br)c1C. The summed E-state index contributed by atoms with van der Waals surface area (Å²) >= 11 is 3.60. The minimum absolute atomic E-state index is 0.112. The Morgan fingerprint density at radius 3 is 2.53 bits per heavy atom. The van der Waals surface area contributed by atoms with Gasteiger partial charge in [-0.2, -0.15) is 0 Å². The van der Waals surface area contributed by atoms with Gasteiger partial charge >= 0.3 is 6.09 Å². The number of aliphatic hydroxyl groups is 1. The second-order valence-corrected chi connectivity index (χ2v) is 9.03. The molecular formula is C25H29BrN2O6. The summed E-state index contributed by atoms with van der Waals surface area (Å²) in [6.45, 7) is 5.61. The van der Waals surface area contributed by atoms with Gasteiger partial charge in [-0.05, 0) is 38.0 Å². The molecule has 2 amide bonds. The molecule has 1 atom stereocenters. The number of carbonyl (C=O) groups excluding carboxylic acids is 2. The Morgan fingerprint density at radius 2 is 1.91 bits per heavy atom. The zero-order valence-corrected chi connectivity index (χ0v) is 21.5. The third-order valence-corrected chi connectivity index (χ3v) is 6.47. The van der Waals surface area contributed by atoms with Gasteiger partial charge in [0.15, 0.2) is 11.5 Å². The molecule has 0 aromatic heterocycles. The van der Waals surface area contributed by atoms with Crippen LogP contribution < -0.4 is 9.47 Å². The van der Waals surface area contributed by atoms with Crippen molar-refractivity contribution in [2.24, 2.45) is 0 Å². The highest BCUT2D eigenvalue weighted by molar-refractivity contribution is 9.10. The van der Waals surface area contributed by atoms with Gasteiger partial charge in [0.25, 0.3) is 0 Å². The summed E-state index contributed by atoms with van der Waals surface area (Å²) in [4.78, 5) is 28.0. The van der Waals surface area contributed by atoms with Crippen molar-refractivity contribution in [3.8, 4) is 11.5 Å². The summed E-state index contributed by atoms with van der Waals surface area (Å²) in [6.07, 6.45) is 0.102. The zero-order valence-electron chi connectivity index (χ0n) is 19.9. The minimum atomic E-state index is -1.01. The Balaban J connectivity index is 1.97. The number of hydrogen-bond donors (Lipinski definition) is 1. The lowest BCUT2D eigenvalue weighted by Gasteiger charge is -2.36. The fourth-order valence-corrected chi connectivity index (χ4v) is 4.18. The van der Waals surface area contributed by atoms with Crippen LogP contribution in [0, 0.1) is 6.92 Å². The van der Waals surface area contributed by atoms with Crippen molar-refractivity contribution < 1.29 is 28.9 Å². The number of aliphatic hydroxyl groups excluding tert-OH is 1. The lowest BCUT2D eigenvalue weighted by Crippen LogP contribution is -2.53. The number of amides is 2. The van der Waals surface area contributed by atoms with Crippen LogP contribution >= 0.6 is 15.9 Å². The number of nitrogens with zero attached hydrogens (tertiary/aromatic N) is 2. The average Bonchev–Trinajstić information content (AvgIpc) is 2.79. The lowest BCUT2D eigenvalue weighted by atomic mass is 10.00. The van der Waals surface area contributed by atoms with Gasteiger partial charge in [0.2, 0.25) is 11.8 Å². The molecule has 0 fully saturated rings. The highest BCUT2D eigenvalue weighted by Gasteiger charge is 2.40. The highest BCUT2D eigenvalue weighted by Crippen LogP contribution is 2.40. The summed E-state index contributed by atoms with van der Waals surface area (Å²) in [5, 5.41) is 10.5. The molecule has 34 heavy (non-hydrogen) atoms. The molecule has 1 unspecified atom stereocenters. The smallest absolute Gasteiger partial charge is 0.417 e. The van der Waals surface area contributed by atoms with Crippen molar-refractivity contribution in [2.75, 3.05) is 14.2 Å². The number of rotatable bonds is 7. The number of halogens is 1. The van der Waals surface area contributed by atoms with E-state index in [2.05, 4.69) is 15.9 Å². The van der Waals surface area contributed by atoms with Crippen LogP contribution in [0.3, 0.4) is 0 Å². The topological polar surface area (TPSA) is 88.5 Å². The average molecular weight is 533 g/mol. The van der Waals surface area contributed by atoms with Crippen molar-refractivity contribution >= 4 is 27.9 Å². The molecule has 9 heteroatoms. The van der Waals surface area contributed by atoms with Crippen LogP contribution in [0.1, 0.15) is 30.5 Å². The minimum Gasteiger partial charge on any atom is -0.493 e. The normalized spacial score (nSPS) is 15.9. The summed E-state index contributed by atoms with van der Waals surface area (Å²) in [5.41, 5.74) is 2.49. The number of ether oxygens (including phenoxy) is 3. The predicted molar refractivity (Wildman–Crippen MR) is 131 cm³/mol. The van der Waals surface area contributed by atoms with Crippen molar-refractivity contribution in [2.45, 2.75) is 45.9 Å². The van der Waals surface area contributed by atoms with Crippen LogP contribution in [-0.4, -0.2) is 53.2 Å². The molecule has 1 heterocycles. The fourth-order valence-electron chi connectivity index (χ4n) is 3.73. The Kier molecular flexibility index (Phi) is 8.09. The number of methoxy groups -OCH3 is 1. The molecular weight excluding hydrogens is 504 g/mol. The monoisotopic (exact) mass is 532 g/mol. The van der Waals surface area contributed by atoms with E-state index in [-0.39, 0.29) is 18.2 Å². The maximum absolute atomic E-state index is 13.0. The molecule has 182 valence electrons. The van der Waals surface area contributed by atoms with E-state index in [0.29, 0.717) is 23.7 Å². The standard InChI is InChI=1S/C25H29BrN2O6/c1-15(2)34-25(31)28-19(24(30)27(4)13-21(28)29)11-18-12-20(23(32-5)16(3)22(18)26)33-14-17-9-7-6-8-10-17/h6-10,12-13,15,19,29H,11,14H2,1-5H3. The quantitative estimate of drug-likeness (QED) is 0.543. The fraction of sp³-hybridized carbons (Fsp3) is 0.360. The summed E-state index contributed by atoms with van der Waals surface area (Å²) in [6, 6.07) is 10.5. The van der Waals surface area contributed by atoms with Crippen LogP contribution in [0.15, 0.2) is 53.0 Å². The third-order valence-electron chi connectivity index (χ3n) is 5.37. The molecule has 1 aliphatic heterocycles. The molecule has 2 aromatic rings. The molecule has 0 saturated carbocycles. The van der Waals surface area contributed by atoms with E-state index < -0.39 is 18.2 Å². The lowest BCUT2D eigenvalue weighted by molar-refractivity contribution is -0.135. The van der Waals surface area contributed by atoms with Gasteiger partial charge in [-0.3, -0.25) is 4.79 Å². The van der Waals surface area contributed by atoms with Crippen LogP contribution in [0.2, 0.25) is 0 Å². The van der Waals surface area contributed by atoms with Gasteiger partial charge in [0.05, 0.1) is 19.4 Å². The summed E-state index contributed by atoms with van der Waals surface area (Å²) in [5.74, 6) is 0.359. The first-order valence-electron chi connectivity index (χ1n) is 10.8. The van der Waals surface area contributed by atoms with Crippen LogP contribution in [0.4, 0.5) is 4.79 Å². The van der Waals surface area contributed by atoms with Crippen molar-refractivity contribution in [3.05, 3.63) is 69.6 Å². The number of carbonyl (C=O) groups is 2. The van der Waals surface area contributed by atoms with Gasteiger partial charge in [0, 0.05) is 23.5 Å². The van der Waals surface area contributed by atoms with Gasteiger partial charge < -0.3 is 24.2 Å². The molecule has 1 aliphatic rings. The Labute approximate surface area is 207 Å². The maximum Gasteiger partial charge on any atom is 0.417 e. The van der Waals surface area contributed by atoms with E-state index in [9.17, 15) is 14.7 Å². The Bertz CT molecular complexity index is 1090. The van der Waals surface area contributed by atoms with E-state index in [1.54, 1.807) is 27.0 Å². The third kappa shape index (κ3) is 5.47.